The van der Waals surface area contributed by atoms with Crippen molar-refractivity contribution in [3.8, 4) is 0 Å². The van der Waals surface area contributed by atoms with Gasteiger partial charge in [-0.2, -0.15) is 0 Å². The van der Waals surface area contributed by atoms with Crippen molar-refractivity contribution in [2.24, 2.45) is 11.3 Å². The lowest BCUT2D eigenvalue weighted by atomic mass is 9.66. The summed E-state index contributed by atoms with van der Waals surface area (Å²) < 4.78 is 6.55. The fourth-order valence-corrected chi connectivity index (χ4v) is 4.25. The minimum Gasteiger partial charge on any atom is -0.381 e. The van der Waals surface area contributed by atoms with Crippen LogP contribution in [0.4, 0.5) is 0 Å². The van der Waals surface area contributed by atoms with Gasteiger partial charge in [0.05, 0.1) is 6.10 Å². The minimum absolute atomic E-state index is 0.0245. The summed E-state index contributed by atoms with van der Waals surface area (Å²) in [6, 6.07) is 6.41. The highest BCUT2D eigenvalue weighted by molar-refractivity contribution is 9.10. The molecule has 3 rings (SSSR count). The van der Waals surface area contributed by atoms with Gasteiger partial charge >= 0.3 is 0 Å². The van der Waals surface area contributed by atoms with Crippen LogP contribution in [0.15, 0.2) is 22.7 Å². The van der Waals surface area contributed by atoms with E-state index in [2.05, 4.69) is 34.1 Å². The summed E-state index contributed by atoms with van der Waals surface area (Å²) in [6.07, 6.45) is 3.88. The van der Waals surface area contributed by atoms with Gasteiger partial charge in [0.25, 0.3) is 0 Å². The molecule has 0 unspecified atom stereocenters. The second-order valence-electron chi connectivity index (χ2n) is 6.01. The number of fused-ring (bicyclic) bond motifs is 1. The van der Waals surface area contributed by atoms with Crippen LogP contribution < -0.4 is 0 Å². The van der Waals surface area contributed by atoms with E-state index in [1.807, 2.05) is 6.92 Å². The normalized spacial score (nSPS) is 33.7. The van der Waals surface area contributed by atoms with Gasteiger partial charge < -0.3 is 4.74 Å². The largest absolute Gasteiger partial charge is 0.381 e. The number of halogens is 1. The summed E-state index contributed by atoms with van der Waals surface area (Å²) >= 11 is 3.52. The predicted molar refractivity (Wildman–Crippen MR) is 78.2 cm³/mol. The molecule has 3 heteroatoms. The van der Waals surface area contributed by atoms with Gasteiger partial charge in [0.1, 0.15) is 5.78 Å². The Kier molecular flexibility index (Phi) is 3.30. The second-order valence-corrected chi connectivity index (χ2v) is 6.93. The van der Waals surface area contributed by atoms with E-state index < -0.39 is 0 Å². The van der Waals surface area contributed by atoms with Crippen molar-refractivity contribution < 1.29 is 9.53 Å². The molecule has 1 saturated carbocycles. The van der Waals surface area contributed by atoms with Gasteiger partial charge in [0.2, 0.25) is 0 Å². The number of methoxy groups -OCH3 is 1. The van der Waals surface area contributed by atoms with Crippen LogP contribution in [0.25, 0.3) is 0 Å². The Balaban J connectivity index is 1.90. The second kappa shape index (κ2) is 4.71. The monoisotopic (exact) mass is 322 g/mol. The van der Waals surface area contributed by atoms with E-state index in [9.17, 15) is 4.79 Å². The number of ether oxygens (including phenoxy) is 1. The molecule has 1 spiro atoms. The third-order valence-corrected chi connectivity index (χ3v) is 5.42. The van der Waals surface area contributed by atoms with Crippen molar-refractivity contribution in [2.45, 2.75) is 38.7 Å². The Morgan fingerprint density at radius 3 is 2.79 bits per heavy atom. The Bertz CT molecular complexity index is 525. The standard InChI is InChI=1S/C16H19BrO2/c1-10-14(19-2)5-6-16(15(10)18)8-11-3-4-13(17)7-12(11)9-16/h3-4,7,10,14H,5-6,8-9H2,1-2H3/t10-,14-,16-/m0/s1. The maximum absolute atomic E-state index is 12.8. The van der Waals surface area contributed by atoms with Gasteiger partial charge in [-0.15, -0.1) is 0 Å². The van der Waals surface area contributed by atoms with E-state index in [-0.39, 0.29) is 17.4 Å². The van der Waals surface area contributed by atoms with Crippen molar-refractivity contribution >= 4 is 21.7 Å². The molecule has 2 aliphatic carbocycles. The Hall–Kier alpha value is -0.670. The van der Waals surface area contributed by atoms with Gasteiger partial charge in [-0.3, -0.25) is 4.79 Å². The van der Waals surface area contributed by atoms with Crippen LogP contribution >= 0.6 is 15.9 Å². The predicted octanol–water partition coefficient (Wildman–Crippen LogP) is 3.55. The molecular formula is C16H19BrO2. The molecule has 19 heavy (non-hydrogen) atoms. The van der Waals surface area contributed by atoms with Crippen molar-refractivity contribution in [3.63, 3.8) is 0 Å². The van der Waals surface area contributed by atoms with Gasteiger partial charge in [-0.25, -0.2) is 0 Å². The summed E-state index contributed by atoms with van der Waals surface area (Å²) in [5.74, 6) is 0.425. The first kappa shape index (κ1) is 13.3. The molecule has 1 aromatic carbocycles. The van der Waals surface area contributed by atoms with Crippen LogP contribution in [-0.2, 0) is 22.4 Å². The number of Topliss-reactive ketones (excluding diaryl/α,β-unsaturated/α-hetero) is 1. The van der Waals surface area contributed by atoms with Crippen LogP contribution in [-0.4, -0.2) is 19.0 Å². The molecule has 0 saturated heterocycles. The Morgan fingerprint density at radius 2 is 2.05 bits per heavy atom. The molecule has 0 heterocycles. The number of ketones is 1. The zero-order valence-electron chi connectivity index (χ0n) is 11.4. The van der Waals surface area contributed by atoms with Crippen molar-refractivity contribution in [2.75, 3.05) is 7.11 Å². The first-order valence-corrected chi connectivity index (χ1v) is 7.69. The minimum atomic E-state index is -0.155. The fraction of sp³-hybridized carbons (Fsp3) is 0.562. The van der Waals surface area contributed by atoms with Gasteiger partial charge in [-0.05, 0) is 48.9 Å². The van der Waals surface area contributed by atoms with E-state index >= 15 is 0 Å². The highest BCUT2D eigenvalue weighted by Crippen LogP contribution is 2.47. The molecule has 2 aliphatic rings. The van der Waals surface area contributed by atoms with Gasteiger partial charge in [-0.1, -0.05) is 28.9 Å². The lowest BCUT2D eigenvalue weighted by molar-refractivity contribution is -0.142. The summed E-state index contributed by atoms with van der Waals surface area (Å²) in [7, 11) is 1.72. The van der Waals surface area contributed by atoms with Crippen molar-refractivity contribution in [1.29, 1.82) is 0 Å². The molecule has 0 aromatic heterocycles. The highest BCUT2D eigenvalue weighted by Gasteiger charge is 2.49. The van der Waals surface area contributed by atoms with E-state index in [1.165, 1.54) is 11.1 Å². The zero-order valence-corrected chi connectivity index (χ0v) is 13.0. The molecule has 0 amide bonds. The van der Waals surface area contributed by atoms with Crippen LogP contribution in [0, 0.1) is 11.3 Å². The summed E-state index contributed by atoms with van der Waals surface area (Å²) in [6.45, 7) is 2.02. The quantitative estimate of drug-likeness (QED) is 0.790. The van der Waals surface area contributed by atoms with Crippen LogP contribution in [0.3, 0.4) is 0 Å². The molecule has 1 aromatic rings. The molecule has 1 fully saturated rings. The highest BCUT2D eigenvalue weighted by atomic mass is 79.9. The lowest BCUT2D eigenvalue weighted by Gasteiger charge is -2.39. The van der Waals surface area contributed by atoms with E-state index in [0.29, 0.717) is 5.78 Å². The van der Waals surface area contributed by atoms with Gasteiger partial charge in [0.15, 0.2) is 0 Å². The lowest BCUT2D eigenvalue weighted by Crippen LogP contribution is -2.46. The smallest absolute Gasteiger partial charge is 0.145 e. The summed E-state index contributed by atoms with van der Waals surface area (Å²) in [5, 5.41) is 0. The molecule has 0 radical (unpaired) electrons. The third kappa shape index (κ3) is 2.07. The number of rotatable bonds is 1. The fourth-order valence-electron chi connectivity index (χ4n) is 3.84. The molecule has 3 atom stereocenters. The molecular weight excluding hydrogens is 304 g/mol. The maximum atomic E-state index is 12.8. The summed E-state index contributed by atoms with van der Waals surface area (Å²) in [5.41, 5.74) is 2.53. The van der Waals surface area contributed by atoms with Crippen LogP contribution in [0.2, 0.25) is 0 Å². The van der Waals surface area contributed by atoms with Gasteiger partial charge in [0, 0.05) is 22.9 Å². The Morgan fingerprint density at radius 1 is 1.32 bits per heavy atom. The SMILES string of the molecule is CO[C@H]1CC[C@@]2(Cc3ccc(Br)cc3C2)C(=O)[C@H]1C. The van der Waals surface area contributed by atoms with Crippen LogP contribution in [0.5, 0.6) is 0 Å². The number of hydrogen-bond donors (Lipinski definition) is 0. The zero-order chi connectivity index (χ0) is 13.6. The molecule has 0 aliphatic heterocycles. The number of benzene rings is 1. The van der Waals surface area contributed by atoms with Crippen molar-refractivity contribution in [1.82, 2.24) is 0 Å². The number of carbonyl (C=O) groups is 1. The molecule has 0 N–H and O–H groups in total. The van der Waals surface area contributed by atoms with E-state index in [4.69, 9.17) is 4.74 Å². The first-order valence-electron chi connectivity index (χ1n) is 6.90. The van der Waals surface area contributed by atoms with E-state index in [1.54, 1.807) is 7.11 Å². The van der Waals surface area contributed by atoms with Crippen LogP contribution in [0.1, 0.15) is 30.9 Å². The topological polar surface area (TPSA) is 26.3 Å². The van der Waals surface area contributed by atoms with Crippen molar-refractivity contribution in [3.05, 3.63) is 33.8 Å². The number of hydrogen-bond acceptors (Lipinski definition) is 2. The first-order chi connectivity index (χ1) is 9.05. The summed E-state index contributed by atoms with van der Waals surface area (Å²) in [4.78, 5) is 12.8. The molecule has 0 bridgehead atoms. The molecule has 2 nitrogen and oxygen atoms in total. The Labute approximate surface area is 122 Å². The third-order valence-electron chi connectivity index (χ3n) is 4.93. The molecule has 102 valence electrons. The average molecular weight is 323 g/mol. The number of carbonyl (C=O) groups excluding carboxylic acids is 1. The maximum Gasteiger partial charge on any atom is 0.145 e. The van der Waals surface area contributed by atoms with E-state index in [0.717, 1.165) is 30.2 Å². The average Bonchev–Trinajstić information content (AvgIpc) is 2.75.